The standard InChI is InChI=1S/C13H13N3O4/c1-20-13(17)9-15-6-5-14-12(15)8-10-3-2-4-11(7-10)16(18)19/h2-7H,8-9H2,1H3. The van der Waals surface area contributed by atoms with Gasteiger partial charge in [-0.2, -0.15) is 0 Å². The lowest BCUT2D eigenvalue weighted by atomic mass is 10.1. The molecule has 0 aliphatic carbocycles. The van der Waals surface area contributed by atoms with Gasteiger partial charge in [-0.3, -0.25) is 14.9 Å². The summed E-state index contributed by atoms with van der Waals surface area (Å²) in [6.45, 7) is 0.0702. The van der Waals surface area contributed by atoms with E-state index in [2.05, 4.69) is 9.72 Å². The number of methoxy groups -OCH3 is 1. The summed E-state index contributed by atoms with van der Waals surface area (Å²) < 4.78 is 6.26. The number of imidazole rings is 1. The number of carbonyl (C=O) groups is 1. The number of nitro benzene ring substituents is 1. The van der Waals surface area contributed by atoms with Crippen LogP contribution in [-0.2, 0) is 22.5 Å². The number of non-ortho nitro benzene ring substituents is 1. The van der Waals surface area contributed by atoms with Crippen molar-refractivity contribution in [3.8, 4) is 0 Å². The molecule has 0 amide bonds. The normalized spacial score (nSPS) is 10.2. The summed E-state index contributed by atoms with van der Waals surface area (Å²) in [6, 6.07) is 6.34. The van der Waals surface area contributed by atoms with Crippen LogP contribution in [0, 0.1) is 10.1 Å². The average molecular weight is 275 g/mol. The van der Waals surface area contributed by atoms with Crippen LogP contribution < -0.4 is 0 Å². The van der Waals surface area contributed by atoms with Gasteiger partial charge in [0.15, 0.2) is 0 Å². The molecule has 2 rings (SSSR count). The minimum Gasteiger partial charge on any atom is -0.468 e. The third-order valence-electron chi connectivity index (χ3n) is 2.81. The Bertz CT molecular complexity index is 636. The molecular weight excluding hydrogens is 262 g/mol. The Balaban J connectivity index is 2.18. The largest absolute Gasteiger partial charge is 0.468 e. The van der Waals surface area contributed by atoms with Crippen LogP contribution in [0.4, 0.5) is 5.69 Å². The summed E-state index contributed by atoms with van der Waals surface area (Å²) in [4.78, 5) is 25.7. The van der Waals surface area contributed by atoms with Crippen molar-refractivity contribution in [2.75, 3.05) is 7.11 Å². The number of ether oxygens (including phenoxy) is 1. The number of carbonyl (C=O) groups excluding carboxylic acids is 1. The van der Waals surface area contributed by atoms with Crippen LogP contribution in [0.2, 0.25) is 0 Å². The van der Waals surface area contributed by atoms with E-state index in [1.165, 1.54) is 19.2 Å². The molecule has 7 heteroatoms. The first-order valence-electron chi connectivity index (χ1n) is 5.90. The number of esters is 1. The molecule has 0 spiro atoms. The first-order valence-corrected chi connectivity index (χ1v) is 5.90. The molecule has 0 aliphatic heterocycles. The monoisotopic (exact) mass is 275 g/mol. The van der Waals surface area contributed by atoms with E-state index in [9.17, 15) is 14.9 Å². The molecule has 1 heterocycles. The number of hydrogen-bond acceptors (Lipinski definition) is 5. The van der Waals surface area contributed by atoms with Crippen molar-refractivity contribution in [1.82, 2.24) is 9.55 Å². The lowest BCUT2D eigenvalue weighted by Crippen LogP contribution is -2.13. The van der Waals surface area contributed by atoms with Crippen molar-refractivity contribution >= 4 is 11.7 Å². The summed E-state index contributed by atoms with van der Waals surface area (Å²) in [5.41, 5.74) is 0.796. The zero-order valence-corrected chi connectivity index (χ0v) is 10.9. The molecule has 0 fully saturated rings. The molecule has 0 N–H and O–H groups in total. The van der Waals surface area contributed by atoms with Gasteiger partial charge in [-0.15, -0.1) is 0 Å². The fraction of sp³-hybridized carbons (Fsp3) is 0.231. The van der Waals surface area contributed by atoms with Crippen molar-refractivity contribution in [3.63, 3.8) is 0 Å². The van der Waals surface area contributed by atoms with Crippen molar-refractivity contribution in [2.45, 2.75) is 13.0 Å². The number of aromatic nitrogens is 2. The molecule has 0 saturated heterocycles. The molecule has 7 nitrogen and oxygen atoms in total. The van der Waals surface area contributed by atoms with E-state index >= 15 is 0 Å². The maximum Gasteiger partial charge on any atom is 0.325 e. The van der Waals surface area contributed by atoms with Crippen LogP contribution >= 0.6 is 0 Å². The van der Waals surface area contributed by atoms with Crippen LogP contribution in [-0.4, -0.2) is 27.6 Å². The van der Waals surface area contributed by atoms with Crippen LogP contribution in [0.25, 0.3) is 0 Å². The van der Waals surface area contributed by atoms with E-state index in [0.29, 0.717) is 12.2 Å². The number of nitrogens with zero attached hydrogens (tertiary/aromatic N) is 3. The van der Waals surface area contributed by atoms with Crippen LogP contribution in [0.1, 0.15) is 11.4 Å². The highest BCUT2D eigenvalue weighted by Crippen LogP contribution is 2.15. The molecule has 0 aliphatic rings. The third kappa shape index (κ3) is 3.19. The van der Waals surface area contributed by atoms with E-state index in [1.807, 2.05) is 0 Å². The molecule has 0 radical (unpaired) electrons. The number of hydrogen-bond donors (Lipinski definition) is 0. The Morgan fingerprint density at radius 1 is 1.50 bits per heavy atom. The van der Waals surface area contributed by atoms with E-state index in [0.717, 1.165) is 5.56 Å². The van der Waals surface area contributed by atoms with Crippen molar-refractivity contribution in [2.24, 2.45) is 0 Å². The second kappa shape index (κ2) is 5.96. The number of rotatable bonds is 5. The Morgan fingerprint density at radius 2 is 2.30 bits per heavy atom. The quantitative estimate of drug-likeness (QED) is 0.469. The van der Waals surface area contributed by atoms with E-state index in [-0.39, 0.29) is 18.2 Å². The smallest absolute Gasteiger partial charge is 0.325 e. The maximum absolute atomic E-state index is 11.3. The zero-order valence-electron chi connectivity index (χ0n) is 10.9. The Morgan fingerprint density at radius 3 is 3.00 bits per heavy atom. The summed E-state index contributed by atoms with van der Waals surface area (Å²) in [5, 5.41) is 10.7. The predicted molar refractivity (Wildman–Crippen MR) is 70.1 cm³/mol. The van der Waals surface area contributed by atoms with Gasteiger partial charge in [-0.05, 0) is 5.56 Å². The topological polar surface area (TPSA) is 87.3 Å². The molecule has 2 aromatic rings. The molecular formula is C13H13N3O4. The van der Waals surface area contributed by atoms with Gasteiger partial charge in [0.2, 0.25) is 0 Å². The van der Waals surface area contributed by atoms with Gasteiger partial charge in [0.1, 0.15) is 12.4 Å². The molecule has 20 heavy (non-hydrogen) atoms. The minimum absolute atomic E-state index is 0.0357. The molecule has 1 aromatic carbocycles. The summed E-state index contributed by atoms with van der Waals surface area (Å²) in [6.07, 6.45) is 3.66. The van der Waals surface area contributed by atoms with E-state index in [4.69, 9.17) is 0 Å². The zero-order chi connectivity index (χ0) is 14.5. The molecule has 0 atom stereocenters. The molecule has 0 saturated carbocycles. The van der Waals surface area contributed by atoms with Crippen LogP contribution in [0.5, 0.6) is 0 Å². The molecule has 0 bridgehead atoms. The average Bonchev–Trinajstić information content (AvgIpc) is 2.86. The highest BCUT2D eigenvalue weighted by molar-refractivity contribution is 5.69. The predicted octanol–water partition coefficient (Wildman–Crippen LogP) is 1.56. The minimum atomic E-state index is -0.440. The first kappa shape index (κ1) is 13.7. The Hall–Kier alpha value is -2.70. The highest BCUT2D eigenvalue weighted by atomic mass is 16.6. The van der Waals surface area contributed by atoms with E-state index < -0.39 is 4.92 Å². The van der Waals surface area contributed by atoms with Crippen LogP contribution in [0.15, 0.2) is 36.7 Å². The van der Waals surface area contributed by atoms with E-state index in [1.54, 1.807) is 29.1 Å². The maximum atomic E-state index is 11.3. The SMILES string of the molecule is COC(=O)Cn1ccnc1Cc1cccc([N+](=O)[O-])c1. The lowest BCUT2D eigenvalue weighted by molar-refractivity contribution is -0.384. The van der Waals surface area contributed by atoms with Crippen molar-refractivity contribution < 1.29 is 14.5 Å². The Kier molecular flexibility index (Phi) is 4.09. The van der Waals surface area contributed by atoms with Gasteiger partial charge >= 0.3 is 5.97 Å². The number of benzene rings is 1. The number of nitro groups is 1. The first-order chi connectivity index (χ1) is 9.60. The van der Waals surface area contributed by atoms with Gasteiger partial charge < -0.3 is 9.30 Å². The van der Waals surface area contributed by atoms with Gasteiger partial charge in [0, 0.05) is 30.9 Å². The van der Waals surface area contributed by atoms with Crippen molar-refractivity contribution in [1.29, 1.82) is 0 Å². The van der Waals surface area contributed by atoms with Gasteiger partial charge in [-0.1, -0.05) is 12.1 Å². The fourth-order valence-electron chi connectivity index (χ4n) is 1.82. The molecule has 1 aromatic heterocycles. The van der Waals surface area contributed by atoms with Crippen LogP contribution in [0.3, 0.4) is 0 Å². The molecule has 104 valence electrons. The molecule has 0 unspecified atom stereocenters. The lowest BCUT2D eigenvalue weighted by Gasteiger charge is -2.06. The van der Waals surface area contributed by atoms with Gasteiger partial charge in [-0.25, -0.2) is 4.98 Å². The summed E-state index contributed by atoms with van der Waals surface area (Å²) in [7, 11) is 1.32. The van der Waals surface area contributed by atoms with Gasteiger partial charge in [0.05, 0.1) is 12.0 Å². The van der Waals surface area contributed by atoms with Gasteiger partial charge in [0.25, 0.3) is 5.69 Å². The summed E-state index contributed by atoms with van der Waals surface area (Å²) in [5.74, 6) is 0.277. The fourth-order valence-corrected chi connectivity index (χ4v) is 1.82. The third-order valence-corrected chi connectivity index (χ3v) is 2.81. The second-order valence-corrected chi connectivity index (χ2v) is 4.15. The Labute approximate surface area is 115 Å². The van der Waals surface area contributed by atoms with Crippen molar-refractivity contribution in [3.05, 3.63) is 58.2 Å². The highest BCUT2D eigenvalue weighted by Gasteiger charge is 2.11. The second-order valence-electron chi connectivity index (χ2n) is 4.15. The summed E-state index contributed by atoms with van der Waals surface area (Å²) >= 11 is 0.